The molecule has 0 aliphatic rings. The molecule has 1 aromatic heterocycles. The van der Waals surface area contributed by atoms with Gasteiger partial charge in [0, 0.05) is 23.0 Å². The maximum absolute atomic E-state index is 13.6. The Morgan fingerprint density at radius 1 is 1.28 bits per heavy atom. The Bertz CT molecular complexity index is 531. The number of hydrogen-bond donors (Lipinski definition) is 1. The Balaban J connectivity index is 2.07. The zero-order valence-electron chi connectivity index (χ0n) is 9.57. The Labute approximate surface area is 118 Å². The summed E-state index contributed by atoms with van der Waals surface area (Å²) < 4.78 is 14.5. The fourth-order valence-electron chi connectivity index (χ4n) is 1.46. The molecule has 0 atom stereocenters. The van der Waals surface area contributed by atoms with E-state index in [4.69, 9.17) is 5.73 Å². The molecule has 0 unspecified atom stereocenters. The topological polar surface area (TPSA) is 38.9 Å². The number of nitrogens with zero attached hydrogens (tertiary/aromatic N) is 1. The molecule has 0 spiro atoms. The minimum atomic E-state index is -0.197. The fourth-order valence-corrected chi connectivity index (χ4v) is 2.52. The lowest BCUT2D eigenvalue weighted by Crippen LogP contribution is -1.98. The molecular formula is C13H12BrFN2S. The first-order valence-corrected chi connectivity index (χ1v) is 7.18. The van der Waals surface area contributed by atoms with Gasteiger partial charge in [0.15, 0.2) is 0 Å². The molecule has 0 bridgehead atoms. The van der Waals surface area contributed by atoms with Crippen molar-refractivity contribution in [3.05, 3.63) is 57.9 Å². The van der Waals surface area contributed by atoms with Gasteiger partial charge in [-0.3, -0.25) is 0 Å². The quantitative estimate of drug-likeness (QED) is 0.870. The van der Waals surface area contributed by atoms with Crippen LogP contribution in [0.15, 0.2) is 46.0 Å². The van der Waals surface area contributed by atoms with Crippen molar-refractivity contribution in [2.45, 2.75) is 17.3 Å². The first-order valence-electron chi connectivity index (χ1n) is 5.41. The first kappa shape index (κ1) is 13.5. The van der Waals surface area contributed by atoms with Gasteiger partial charge in [0.1, 0.15) is 5.82 Å². The van der Waals surface area contributed by atoms with Gasteiger partial charge in [0.2, 0.25) is 0 Å². The second-order valence-electron chi connectivity index (χ2n) is 3.73. The van der Waals surface area contributed by atoms with Gasteiger partial charge in [-0.1, -0.05) is 12.1 Å². The molecule has 1 aromatic carbocycles. The van der Waals surface area contributed by atoms with E-state index in [0.717, 1.165) is 15.1 Å². The van der Waals surface area contributed by atoms with Gasteiger partial charge in [-0.2, -0.15) is 0 Å². The van der Waals surface area contributed by atoms with Crippen molar-refractivity contribution in [3.63, 3.8) is 0 Å². The third kappa shape index (κ3) is 3.54. The summed E-state index contributed by atoms with van der Waals surface area (Å²) in [6.07, 6.45) is 1.73. The number of rotatable bonds is 4. The summed E-state index contributed by atoms with van der Waals surface area (Å²) in [7, 11) is 0. The summed E-state index contributed by atoms with van der Waals surface area (Å²) in [4.78, 5) is 4.23. The summed E-state index contributed by atoms with van der Waals surface area (Å²) in [5.74, 6) is 0.353. The van der Waals surface area contributed by atoms with E-state index in [1.165, 1.54) is 17.8 Å². The van der Waals surface area contributed by atoms with Gasteiger partial charge in [-0.25, -0.2) is 9.37 Å². The van der Waals surface area contributed by atoms with Crippen LogP contribution in [0.2, 0.25) is 0 Å². The van der Waals surface area contributed by atoms with Gasteiger partial charge >= 0.3 is 0 Å². The van der Waals surface area contributed by atoms with E-state index in [0.29, 0.717) is 17.9 Å². The second kappa shape index (κ2) is 6.31. The summed E-state index contributed by atoms with van der Waals surface area (Å²) in [5.41, 5.74) is 7.15. The van der Waals surface area contributed by atoms with E-state index >= 15 is 0 Å². The summed E-state index contributed by atoms with van der Waals surface area (Å²) in [6, 6.07) is 8.80. The molecular weight excluding hydrogens is 315 g/mol. The maximum atomic E-state index is 13.6. The van der Waals surface area contributed by atoms with Crippen LogP contribution in [0.5, 0.6) is 0 Å². The van der Waals surface area contributed by atoms with Gasteiger partial charge in [0.05, 0.1) is 5.03 Å². The molecule has 2 N–H and O–H groups in total. The number of hydrogen-bond acceptors (Lipinski definition) is 3. The number of halogens is 2. The van der Waals surface area contributed by atoms with Crippen LogP contribution < -0.4 is 5.73 Å². The molecule has 0 amide bonds. The molecule has 0 aliphatic heterocycles. The lowest BCUT2D eigenvalue weighted by atomic mass is 10.1. The van der Waals surface area contributed by atoms with Gasteiger partial charge in [-0.05, 0) is 45.3 Å². The Kier molecular flexibility index (Phi) is 4.74. The SMILES string of the molecule is NCc1ccc(F)c(CSc2ccc(Br)cn2)c1. The van der Waals surface area contributed by atoms with Crippen LogP contribution in [0, 0.1) is 5.82 Å². The van der Waals surface area contributed by atoms with Crippen molar-refractivity contribution in [1.29, 1.82) is 0 Å². The van der Waals surface area contributed by atoms with Crippen LogP contribution in [0.4, 0.5) is 4.39 Å². The molecule has 0 aliphatic carbocycles. The summed E-state index contributed by atoms with van der Waals surface area (Å²) >= 11 is 4.83. The van der Waals surface area contributed by atoms with Crippen LogP contribution in [0.1, 0.15) is 11.1 Å². The molecule has 0 radical (unpaired) electrons. The highest BCUT2D eigenvalue weighted by Gasteiger charge is 2.05. The van der Waals surface area contributed by atoms with Gasteiger partial charge in [0.25, 0.3) is 0 Å². The fraction of sp³-hybridized carbons (Fsp3) is 0.154. The highest BCUT2D eigenvalue weighted by atomic mass is 79.9. The van der Waals surface area contributed by atoms with E-state index in [1.54, 1.807) is 18.3 Å². The van der Waals surface area contributed by atoms with E-state index in [9.17, 15) is 4.39 Å². The largest absolute Gasteiger partial charge is 0.326 e. The number of aromatic nitrogens is 1. The predicted octanol–water partition coefficient (Wildman–Crippen LogP) is 3.73. The van der Waals surface area contributed by atoms with E-state index in [-0.39, 0.29) is 5.82 Å². The molecule has 0 saturated carbocycles. The lowest BCUT2D eigenvalue weighted by Gasteiger charge is -2.05. The Morgan fingerprint density at radius 2 is 2.11 bits per heavy atom. The average molecular weight is 327 g/mol. The first-order chi connectivity index (χ1) is 8.69. The zero-order chi connectivity index (χ0) is 13.0. The van der Waals surface area contributed by atoms with E-state index in [2.05, 4.69) is 20.9 Å². The maximum Gasteiger partial charge on any atom is 0.127 e. The zero-order valence-corrected chi connectivity index (χ0v) is 12.0. The highest BCUT2D eigenvalue weighted by molar-refractivity contribution is 9.10. The monoisotopic (exact) mass is 326 g/mol. The van der Waals surface area contributed by atoms with Gasteiger partial charge in [-0.15, -0.1) is 11.8 Å². The van der Waals surface area contributed by atoms with Crippen molar-refractivity contribution >= 4 is 27.7 Å². The molecule has 2 nitrogen and oxygen atoms in total. The van der Waals surface area contributed by atoms with E-state index < -0.39 is 0 Å². The van der Waals surface area contributed by atoms with Gasteiger partial charge < -0.3 is 5.73 Å². The van der Waals surface area contributed by atoms with Crippen molar-refractivity contribution in [2.75, 3.05) is 0 Å². The number of benzene rings is 1. The third-order valence-corrected chi connectivity index (χ3v) is 3.88. The third-order valence-electron chi connectivity index (χ3n) is 2.42. The Morgan fingerprint density at radius 3 is 2.78 bits per heavy atom. The molecule has 0 saturated heterocycles. The summed E-state index contributed by atoms with van der Waals surface area (Å²) in [5, 5.41) is 0.871. The lowest BCUT2D eigenvalue weighted by molar-refractivity contribution is 0.616. The second-order valence-corrected chi connectivity index (χ2v) is 5.64. The van der Waals surface area contributed by atoms with Crippen molar-refractivity contribution in [2.24, 2.45) is 5.73 Å². The van der Waals surface area contributed by atoms with Crippen molar-refractivity contribution in [3.8, 4) is 0 Å². The predicted molar refractivity (Wildman–Crippen MR) is 75.8 cm³/mol. The molecule has 2 aromatic rings. The molecule has 2 rings (SSSR count). The smallest absolute Gasteiger partial charge is 0.127 e. The summed E-state index contributed by atoms with van der Waals surface area (Å²) in [6.45, 7) is 0.425. The van der Waals surface area contributed by atoms with Crippen molar-refractivity contribution in [1.82, 2.24) is 4.98 Å². The number of thioether (sulfide) groups is 1. The van der Waals surface area contributed by atoms with E-state index in [1.807, 2.05) is 12.1 Å². The van der Waals surface area contributed by atoms with Crippen LogP contribution in [-0.2, 0) is 12.3 Å². The van der Waals surface area contributed by atoms with Crippen LogP contribution in [-0.4, -0.2) is 4.98 Å². The molecule has 5 heteroatoms. The van der Waals surface area contributed by atoms with Crippen LogP contribution >= 0.6 is 27.7 Å². The number of nitrogens with two attached hydrogens (primary N) is 1. The molecule has 1 heterocycles. The Hall–Kier alpha value is -0.910. The van der Waals surface area contributed by atoms with Crippen LogP contribution in [0.25, 0.3) is 0 Å². The highest BCUT2D eigenvalue weighted by Crippen LogP contribution is 2.24. The normalized spacial score (nSPS) is 10.6. The average Bonchev–Trinajstić information content (AvgIpc) is 2.40. The van der Waals surface area contributed by atoms with Crippen molar-refractivity contribution < 1.29 is 4.39 Å². The molecule has 94 valence electrons. The minimum absolute atomic E-state index is 0.197. The number of pyridine rings is 1. The molecule has 18 heavy (non-hydrogen) atoms. The standard InChI is InChI=1S/C13H12BrFN2S/c14-11-2-4-13(17-7-11)18-8-10-5-9(6-16)1-3-12(10)15/h1-5,7H,6,8,16H2. The molecule has 0 fully saturated rings. The minimum Gasteiger partial charge on any atom is -0.326 e. The van der Waals surface area contributed by atoms with Crippen LogP contribution in [0.3, 0.4) is 0 Å².